The topological polar surface area (TPSA) is 88.9 Å². The third-order valence-electron chi connectivity index (χ3n) is 5.00. The van der Waals surface area contributed by atoms with Gasteiger partial charge >= 0.3 is 0 Å². The van der Waals surface area contributed by atoms with Crippen molar-refractivity contribution >= 4 is 51.9 Å². The Balaban J connectivity index is 1.55. The highest BCUT2D eigenvalue weighted by Crippen LogP contribution is 2.27. The van der Waals surface area contributed by atoms with Crippen LogP contribution in [-0.4, -0.2) is 32.3 Å². The minimum absolute atomic E-state index is 0.0705. The number of nitrogens with one attached hydrogen (secondary N) is 2. The first-order chi connectivity index (χ1) is 15.9. The highest BCUT2D eigenvalue weighted by molar-refractivity contribution is 14.1. The molecule has 9 heteroatoms. The van der Waals surface area contributed by atoms with Gasteiger partial charge in [0.25, 0.3) is 0 Å². The number of hydrogen-bond donors (Lipinski definition) is 2. The predicted octanol–water partition coefficient (Wildman–Crippen LogP) is 4.62. The second-order valence-corrected chi connectivity index (χ2v) is 9.99. The van der Waals surface area contributed by atoms with Crippen LogP contribution in [0, 0.1) is 3.57 Å². The molecule has 0 radical (unpaired) electrons. The number of thioether (sulfide) groups is 1. The van der Waals surface area contributed by atoms with Crippen LogP contribution in [0.25, 0.3) is 0 Å². The van der Waals surface area contributed by atoms with E-state index in [-0.39, 0.29) is 17.6 Å². The van der Waals surface area contributed by atoms with Crippen molar-refractivity contribution in [3.8, 4) is 0 Å². The third-order valence-corrected chi connectivity index (χ3v) is 6.64. The first-order valence-electron chi connectivity index (χ1n) is 10.8. The zero-order chi connectivity index (χ0) is 23.8. The van der Waals surface area contributed by atoms with Crippen LogP contribution in [0.5, 0.6) is 0 Å². The van der Waals surface area contributed by atoms with Crippen molar-refractivity contribution in [2.75, 3.05) is 11.1 Å². The molecule has 2 N–H and O–H groups in total. The molecule has 0 atom stereocenters. The lowest BCUT2D eigenvalue weighted by Gasteiger charge is -2.14. The number of carbonyl (C=O) groups is 2. The SMILES string of the molecule is CCn1c(CNC(=O)Cc2ccccc2)nnc1SCC(=O)Nc1ccc(I)cc1C(C)C. The van der Waals surface area contributed by atoms with Gasteiger partial charge in [-0.25, -0.2) is 0 Å². The molecule has 3 aromatic rings. The molecule has 0 saturated carbocycles. The van der Waals surface area contributed by atoms with Crippen LogP contribution >= 0.6 is 34.4 Å². The number of hydrogen-bond acceptors (Lipinski definition) is 5. The van der Waals surface area contributed by atoms with E-state index in [1.54, 1.807) is 0 Å². The molecule has 0 aliphatic rings. The summed E-state index contributed by atoms with van der Waals surface area (Å²) in [4.78, 5) is 24.8. The molecule has 3 rings (SSSR count). The van der Waals surface area contributed by atoms with Gasteiger partial charge in [-0.1, -0.05) is 55.9 Å². The van der Waals surface area contributed by atoms with E-state index < -0.39 is 0 Å². The summed E-state index contributed by atoms with van der Waals surface area (Å²) in [5.41, 5.74) is 2.92. The Labute approximate surface area is 212 Å². The monoisotopic (exact) mass is 577 g/mol. The van der Waals surface area contributed by atoms with Crippen LogP contribution in [-0.2, 0) is 29.1 Å². The van der Waals surface area contributed by atoms with Gasteiger partial charge in [0.1, 0.15) is 0 Å². The molecule has 0 aliphatic carbocycles. The van der Waals surface area contributed by atoms with Crippen molar-refractivity contribution in [2.24, 2.45) is 0 Å². The minimum atomic E-state index is -0.0912. The van der Waals surface area contributed by atoms with E-state index in [0.717, 1.165) is 20.4 Å². The molecule has 0 aliphatic heterocycles. The van der Waals surface area contributed by atoms with Gasteiger partial charge in [0, 0.05) is 15.8 Å². The number of benzene rings is 2. The Bertz CT molecular complexity index is 1100. The number of rotatable bonds is 10. The molecule has 2 aromatic carbocycles. The molecule has 1 heterocycles. The van der Waals surface area contributed by atoms with Crippen LogP contribution in [0.1, 0.15) is 43.6 Å². The van der Waals surface area contributed by atoms with Gasteiger partial charge in [0.15, 0.2) is 11.0 Å². The number of carbonyl (C=O) groups excluding carboxylic acids is 2. The lowest BCUT2D eigenvalue weighted by molar-refractivity contribution is -0.120. The fourth-order valence-corrected chi connectivity index (χ4v) is 4.67. The molecule has 7 nitrogen and oxygen atoms in total. The lowest BCUT2D eigenvalue weighted by atomic mass is 10.0. The molecular weight excluding hydrogens is 549 g/mol. The Morgan fingerprint density at radius 1 is 1.09 bits per heavy atom. The zero-order valence-electron chi connectivity index (χ0n) is 19.0. The Morgan fingerprint density at radius 3 is 2.55 bits per heavy atom. The molecule has 0 fully saturated rings. The number of amides is 2. The summed E-state index contributed by atoms with van der Waals surface area (Å²) < 4.78 is 3.06. The van der Waals surface area contributed by atoms with Gasteiger partial charge in [-0.15, -0.1) is 10.2 Å². The molecule has 2 amide bonds. The molecule has 33 heavy (non-hydrogen) atoms. The molecule has 0 unspecified atom stereocenters. The van der Waals surface area contributed by atoms with E-state index >= 15 is 0 Å². The maximum absolute atomic E-state index is 12.6. The fourth-order valence-electron chi connectivity index (χ4n) is 3.34. The molecule has 0 spiro atoms. The van der Waals surface area contributed by atoms with Gasteiger partial charge in [-0.3, -0.25) is 9.59 Å². The molecule has 174 valence electrons. The maximum Gasteiger partial charge on any atom is 0.234 e. The van der Waals surface area contributed by atoms with Crippen molar-refractivity contribution in [3.05, 3.63) is 69.1 Å². The molecule has 0 saturated heterocycles. The lowest BCUT2D eigenvalue weighted by Crippen LogP contribution is -2.26. The first kappa shape index (κ1) is 25.2. The van der Waals surface area contributed by atoms with Gasteiger partial charge in [-0.05, 0) is 64.8 Å². The third kappa shape index (κ3) is 7.29. The molecule has 0 bridgehead atoms. The van der Waals surface area contributed by atoms with Crippen LogP contribution < -0.4 is 10.6 Å². The smallest absolute Gasteiger partial charge is 0.234 e. The van der Waals surface area contributed by atoms with E-state index in [0.29, 0.717) is 36.4 Å². The van der Waals surface area contributed by atoms with Gasteiger partial charge < -0.3 is 15.2 Å². The van der Waals surface area contributed by atoms with E-state index in [1.807, 2.05) is 54.0 Å². The number of nitrogens with zero attached hydrogens (tertiary/aromatic N) is 3. The Hall–Kier alpha value is -2.40. The second-order valence-electron chi connectivity index (χ2n) is 7.81. The fraction of sp³-hybridized carbons (Fsp3) is 0.333. The summed E-state index contributed by atoms with van der Waals surface area (Å²) in [6.45, 7) is 7.15. The largest absolute Gasteiger partial charge is 0.349 e. The molecular formula is C24H28IN5O2S. The minimum Gasteiger partial charge on any atom is -0.349 e. The molecule has 1 aromatic heterocycles. The Morgan fingerprint density at radius 2 is 1.85 bits per heavy atom. The van der Waals surface area contributed by atoms with Gasteiger partial charge in [0.05, 0.1) is 18.7 Å². The summed E-state index contributed by atoms with van der Waals surface area (Å²) >= 11 is 3.62. The maximum atomic E-state index is 12.6. The van der Waals surface area contributed by atoms with Crippen LogP contribution in [0.3, 0.4) is 0 Å². The quantitative estimate of drug-likeness (QED) is 0.271. The highest BCUT2D eigenvalue weighted by atomic mass is 127. The van der Waals surface area contributed by atoms with E-state index in [1.165, 1.54) is 11.8 Å². The average Bonchev–Trinajstić information content (AvgIpc) is 3.20. The van der Waals surface area contributed by atoms with Crippen molar-refractivity contribution in [3.63, 3.8) is 0 Å². The van der Waals surface area contributed by atoms with E-state index in [9.17, 15) is 9.59 Å². The van der Waals surface area contributed by atoms with Gasteiger partial charge in [-0.2, -0.15) is 0 Å². The summed E-state index contributed by atoms with van der Waals surface area (Å²) in [5, 5.41) is 15.0. The van der Waals surface area contributed by atoms with Crippen molar-refractivity contribution in [1.82, 2.24) is 20.1 Å². The summed E-state index contributed by atoms with van der Waals surface area (Å²) in [5.74, 6) is 1.04. The summed E-state index contributed by atoms with van der Waals surface area (Å²) in [6, 6.07) is 15.6. The van der Waals surface area contributed by atoms with Crippen LogP contribution in [0.15, 0.2) is 53.7 Å². The van der Waals surface area contributed by atoms with E-state index in [4.69, 9.17) is 0 Å². The zero-order valence-corrected chi connectivity index (χ0v) is 21.9. The highest BCUT2D eigenvalue weighted by Gasteiger charge is 2.15. The van der Waals surface area contributed by atoms with Gasteiger partial charge in [0.2, 0.25) is 11.8 Å². The number of aromatic nitrogens is 3. The second kappa shape index (κ2) is 12.2. The van der Waals surface area contributed by atoms with Crippen LogP contribution in [0.4, 0.5) is 5.69 Å². The van der Waals surface area contributed by atoms with Crippen LogP contribution in [0.2, 0.25) is 0 Å². The number of anilines is 1. The first-order valence-corrected chi connectivity index (χ1v) is 12.9. The Kier molecular flexibility index (Phi) is 9.30. The number of halogens is 1. The summed E-state index contributed by atoms with van der Waals surface area (Å²) in [6.07, 6.45) is 0.319. The van der Waals surface area contributed by atoms with Crippen molar-refractivity contribution < 1.29 is 9.59 Å². The van der Waals surface area contributed by atoms with Crippen molar-refractivity contribution in [1.29, 1.82) is 0 Å². The summed E-state index contributed by atoms with van der Waals surface area (Å²) in [7, 11) is 0. The van der Waals surface area contributed by atoms with Crippen molar-refractivity contribution in [2.45, 2.75) is 51.4 Å². The normalized spacial score (nSPS) is 10.9. The predicted molar refractivity (Wildman–Crippen MR) is 140 cm³/mol. The average molecular weight is 577 g/mol. The standard InChI is InChI=1S/C24H28IN5O2S/c1-4-30-21(14-26-22(31)12-17-8-6-5-7-9-17)28-29-24(30)33-15-23(32)27-20-11-10-18(25)13-19(20)16(2)3/h5-11,13,16H,4,12,14-15H2,1-3H3,(H,26,31)(H,27,32). The van der Waals surface area contributed by atoms with E-state index in [2.05, 4.69) is 63.3 Å².